The quantitative estimate of drug-likeness (QED) is 0.793. The van der Waals surface area contributed by atoms with Crippen LogP contribution in [-0.4, -0.2) is 26.2 Å². The first-order valence-corrected chi connectivity index (χ1v) is 5.69. The summed E-state index contributed by atoms with van der Waals surface area (Å²) in [5.41, 5.74) is 4.09. The Hall–Kier alpha value is -1.02. The predicted molar refractivity (Wildman–Crippen MR) is 65.6 cm³/mol. The highest BCUT2D eigenvalue weighted by Crippen LogP contribution is 2.23. The van der Waals surface area contributed by atoms with Gasteiger partial charge in [-0.2, -0.15) is 0 Å². The molecule has 0 radical (unpaired) electrons. The van der Waals surface area contributed by atoms with Crippen molar-refractivity contribution < 1.29 is 0 Å². The molecule has 1 atom stereocenters. The molecule has 1 aromatic rings. The van der Waals surface area contributed by atoms with E-state index in [0.717, 1.165) is 13.1 Å². The van der Waals surface area contributed by atoms with Crippen molar-refractivity contribution in [2.45, 2.75) is 26.3 Å². The van der Waals surface area contributed by atoms with Crippen LogP contribution in [0.1, 0.15) is 17.5 Å². The second-order valence-corrected chi connectivity index (χ2v) is 4.55. The zero-order valence-corrected chi connectivity index (χ0v) is 9.88. The Labute approximate surface area is 92.3 Å². The summed E-state index contributed by atoms with van der Waals surface area (Å²) in [7, 11) is 2.21. The molecule has 1 fully saturated rings. The molecule has 1 aliphatic rings. The topological polar surface area (TPSA) is 15.3 Å². The normalized spacial score (nSPS) is 20.6. The smallest absolute Gasteiger partial charge is 0.0423 e. The zero-order valence-electron chi connectivity index (χ0n) is 9.88. The first-order chi connectivity index (χ1) is 7.18. The number of rotatable bonds is 2. The molecule has 0 aromatic heterocycles. The fourth-order valence-electron chi connectivity index (χ4n) is 2.27. The van der Waals surface area contributed by atoms with Crippen LogP contribution in [0.5, 0.6) is 0 Å². The van der Waals surface area contributed by atoms with Gasteiger partial charge in [-0.1, -0.05) is 12.1 Å². The summed E-state index contributed by atoms with van der Waals surface area (Å²) in [6, 6.07) is 7.34. The van der Waals surface area contributed by atoms with Gasteiger partial charge in [0.25, 0.3) is 0 Å². The Morgan fingerprint density at radius 1 is 1.33 bits per heavy atom. The molecule has 1 aliphatic heterocycles. The summed E-state index contributed by atoms with van der Waals surface area (Å²) < 4.78 is 0. The Morgan fingerprint density at radius 2 is 2.13 bits per heavy atom. The predicted octanol–water partition coefficient (Wildman–Crippen LogP) is 2.10. The lowest BCUT2D eigenvalue weighted by Gasteiger charge is -2.27. The monoisotopic (exact) mass is 204 g/mol. The first-order valence-electron chi connectivity index (χ1n) is 5.69. The van der Waals surface area contributed by atoms with Gasteiger partial charge in [-0.25, -0.2) is 0 Å². The number of aryl methyl sites for hydroxylation is 2. The summed E-state index contributed by atoms with van der Waals surface area (Å²) in [6.07, 6.45) is 1.25. The lowest BCUT2D eigenvalue weighted by Crippen LogP contribution is -2.33. The van der Waals surface area contributed by atoms with E-state index in [1.165, 1.54) is 23.2 Å². The highest BCUT2D eigenvalue weighted by molar-refractivity contribution is 5.55. The SMILES string of the molecule is Cc1ccc(C)c(N(C)C2CCNC2)c1. The van der Waals surface area contributed by atoms with Gasteiger partial charge in [0.1, 0.15) is 0 Å². The van der Waals surface area contributed by atoms with Gasteiger partial charge in [-0.3, -0.25) is 0 Å². The van der Waals surface area contributed by atoms with Crippen molar-refractivity contribution >= 4 is 5.69 Å². The molecule has 0 spiro atoms. The van der Waals surface area contributed by atoms with Gasteiger partial charge >= 0.3 is 0 Å². The highest BCUT2D eigenvalue weighted by Gasteiger charge is 2.20. The molecule has 2 heteroatoms. The summed E-state index contributed by atoms with van der Waals surface area (Å²) >= 11 is 0. The average Bonchev–Trinajstić information content (AvgIpc) is 2.74. The summed E-state index contributed by atoms with van der Waals surface area (Å²) in [5, 5.41) is 3.42. The van der Waals surface area contributed by atoms with Gasteiger partial charge in [0.2, 0.25) is 0 Å². The van der Waals surface area contributed by atoms with Gasteiger partial charge < -0.3 is 10.2 Å². The minimum atomic E-state index is 0.658. The van der Waals surface area contributed by atoms with Crippen LogP contribution in [0, 0.1) is 13.8 Å². The maximum absolute atomic E-state index is 3.42. The van der Waals surface area contributed by atoms with E-state index in [1.807, 2.05) is 0 Å². The minimum absolute atomic E-state index is 0.658. The molecular formula is C13H20N2. The molecule has 1 saturated heterocycles. The fraction of sp³-hybridized carbons (Fsp3) is 0.538. The van der Waals surface area contributed by atoms with Crippen LogP contribution >= 0.6 is 0 Å². The van der Waals surface area contributed by atoms with E-state index in [4.69, 9.17) is 0 Å². The number of benzene rings is 1. The third-order valence-electron chi connectivity index (χ3n) is 3.33. The molecule has 0 amide bonds. The number of anilines is 1. The molecule has 1 aromatic carbocycles. The number of hydrogen-bond acceptors (Lipinski definition) is 2. The van der Waals surface area contributed by atoms with Gasteiger partial charge in [-0.15, -0.1) is 0 Å². The molecule has 1 heterocycles. The molecule has 0 saturated carbocycles. The van der Waals surface area contributed by atoms with E-state index < -0.39 is 0 Å². The molecule has 0 bridgehead atoms. The maximum Gasteiger partial charge on any atom is 0.0423 e. The molecular weight excluding hydrogens is 184 g/mol. The molecule has 2 rings (SSSR count). The second kappa shape index (κ2) is 4.23. The Balaban J connectivity index is 2.23. The van der Waals surface area contributed by atoms with E-state index in [-0.39, 0.29) is 0 Å². The van der Waals surface area contributed by atoms with Crippen LogP contribution in [0.15, 0.2) is 18.2 Å². The number of nitrogens with zero attached hydrogens (tertiary/aromatic N) is 1. The summed E-state index contributed by atoms with van der Waals surface area (Å²) in [5.74, 6) is 0. The van der Waals surface area contributed by atoms with Crippen LogP contribution < -0.4 is 10.2 Å². The molecule has 0 aliphatic carbocycles. The van der Waals surface area contributed by atoms with Gasteiger partial charge in [0, 0.05) is 25.3 Å². The Morgan fingerprint density at radius 3 is 2.80 bits per heavy atom. The van der Waals surface area contributed by atoms with E-state index in [9.17, 15) is 0 Å². The lowest BCUT2D eigenvalue weighted by molar-refractivity contribution is 0.684. The van der Waals surface area contributed by atoms with Crippen molar-refractivity contribution in [1.82, 2.24) is 5.32 Å². The molecule has 2 nitrogen and oxygen atoms in total. The number of hydrogen-bond donors (Lipinski definition) is 1. The van der Waals surface area contributed by atoms with E-state index in [2.05, 4.69) is 49.3 Å². The van der Waals surface area contributed by atoms with Crippen molar-refractivity contribution in [2.24, 2.45) is 0 Å². The average molecular weight is 204 g/mol. The van der Waals surface area contributed by atoms with E-state index in [1.54, 1.807) is 0 Å². The molecule has 82 valence electrons. The number of likely N-dealkylation sites (N-methyl/N-ethyl adjacent to an activating group) is 1. The van der Waals surface area contributed by atoms with Crippen LogP contribution in [0.4, 0.5) is 5.69 Å². The maximum atomic E-state index is 3.42. The van der Waals surface area contributed by atoms with Crippen LogP contribution in [0.3, 0.4) is 0 Å². The van der Waals surface area contributed by atoms with Gasteiger partial charge in [0.15, 0.2) is 0 Å². The fourth-order valence-corrected chi connectivity index (χ4v) is 2.27. The summed E-state index contributed by atoms with van der Waals surface area (Å²) in [6.45, 7) is 6.61. The van der Waals surface area contributed by atoms with Crippen molar-refractivity contribution in [3.05, 3.63) is 29.3 Å². The van der Waals surface area contributed by atoms with Gasteiger partial charge in [0.05, 0.1) is 0 Å². The Kier molecular flexibility index (Phi) is 2.96. The largest absolute Gasteiger partial charge is 0.370 e. The van der Waals surface area contributed by atoms with E-state index in [0.29, 0.717) is 6.04 Å². The van der Waals surface area contributed by atoms with E-state index >= 15 is 0 Å². The summed E-state index contributed by atoms with van der Waals surface area (Å²) in [4.78, 5) is 2.42. The highest BCUT2D eigenvalue weighted by atomic mass is 15.2. The third-order valence-corrected chi connectivity index (χ3v) is 3.33. The number of nitrogens with one attached hydrogen (secondary N) is 1. The third kappa shape index (κ3) is 2.15. The van der Waals surface area contributed by atoms with Gasteiger partial charge in [-0.05, 0) is 44.0 Å². The zero-order chi connectivity index (χ0) is 10.8. The van der Waals surface area contributed by atoms with Crippen molar-refractivity contribution in [2.75, 3.05) is 25.0 Å². The second-order valence-electron chi connectivity index (χ2n) is 4.55. The lowest BCUT2D eigenvalue weighted by atomic mass is 10.1. The Bertz CT molecular complexity index is 340. The van der Waals surface area contributed by atoms with Crippen LogP contribution in [0.2, 0.25) is 0 Å². The first kappa shape index (κ1) is 10.5. The van der Waals surface area contributed by atoms with Crippen LogP contribution in [0.25, 0.3) is 0 Å². The standard InChI is InChI=1S/C13H20N2/c1-10-4-5-11(2)13(8-10)15(3)12-6-7-14-9-12/h4-5,8,12,14H,6-7,9H2,1-3H3. The minimum Gasteiger partial charge on any atom is -0.370 e. The van der Waals surface area contributed by atoms with Crippen molar-refractivity contribution in [3.8, 4) is 0 Å². The van der Waals surface area contributed by atoms with Crippen molar-refractivity contribution in [1.29, 1.82) is 0 Å². The molecule has 1 N–H and O–H groups in total. The van der Waals surface area contributed by atoms with Crippen LogP contribution in [-0.2, 0) is 0 Å². The molecule has 1 unspecified atom stereocenters. The van der Waals surface area contributed by atoms with Crippen molar-refractivity contribution in [3.63, 3.8) is 0 Å². The molecule has 15 heavy (non-hydrogen) atoms.